The molecule has 0 radical (unpaired) electrons. The minimum atomic E-state index is -0.715. The largest absolute Gasteiger partial charge is 0.351 e. The second-order valence-corrected chi connectivity index (χ2v) is 3.19. The zero-order valence-corrected chi connectivity index (χ0v) is 9.65. The van der Waals surface area contributed by atoms with Crippen molar-refractivity contribution in [3.05, 3.63) is 44.3 Å². The monoisotopic (exact) mass is 270 g/mol. The standard InChI is InChI=1S/C9H10N6O3.FH/c10-3-4-12-9(16)7-2-1-6(13-14-11)5-8(7)15(17)18;/h1-2,5H,3-4,10H2,(H,12,16);1H. The van der Waals surface area contributed by atoms with Crippen LogP contribution in [0.3, 0.4) is 0 Å². The van der Waals surface area contributed by atoms with Gasteiger partial charge in [-0.3, -0.25) is 19.6 Å². The number of benzene rings is 1. The maximum atomic E-state index is 11.6. The molecule has 1 rings (SSSR count). The molecule has 0 atom stereocenters. The van der Waals surface area contributed by atoms with Gasteiger partial charge in [0.25, 0.3) is 11.6 Å². The number of rotatable bonds is 5. The minimum absolute atomic E-state index is 0. The first-order chi connectivity index (χ1) is 8.60. The Morgan fingerprint density at radius 2 is 2.26 bits per heavy atom. The van der Waals surface area contributed by atoms with E-state index in [9.17, 15) is 14.9 Å². The number of hydrogen-bond donors (Lipinski definition) is 2. The third-order valence-electron chi connectivity index (χ3n) is 2.01. The Bertz CT molecular complexity index is 529. The number of amides is 1. The summed E-state index contributed by atoms with van der Waals surface area (Å²) in [5, 5.41) is 16.5. The molecule has 0 bridgehead atoms. The molecule has 0 fully saturated rings. The number of halogens is 1. The molecule has 0 heterocycles. The predicted octanol–water partition coefficient (Wildman–Crippen LogP) is 1.38. The number of carbonyl (C=O) groups is 1. The molecule has 3 N–H and O–H groups in total. The number of azide groups is 1. The maximum Gasteiger partial charge on any atom is 0.282 e. The number of carbonyl (C=O) groups excluding carboxylic acids is 1. The van der Waals surface area contributed by atoms with E-state index in [1.165, 1.54) is 12.1 Å². The van der Waals surface area contributed by atoms with Crippen LogP contribution in [-0.2, 0) is 0 Å². The van der Waals surface area contributed by atoms with Crippen LogP contribution in [0, 0.1) is 10.1 Å². The molecule has 0 spiro atoms. The number of nitro benzene ring substituents is 1. The molecule has 1 aromatic carbocycles. The van der Waals surface area contributed by atoms with Gasteiger partial charge in [0.2, 0.25) is 0 Å². The number of nitrogens with one attached hydrogen (secondary N) is 1. The summed E-state index contributed by atoms with van der Waals surface area (Å²) in [5.74, 6) is -0.598. The van der Waals surface area contributed by atoms with Crippen molar-refractivity contribution in [2.24, 2.45) is 10.8 Å². The highest BCUT2D eigenvalue weighted by molar-refractivity contribution is 5.98. The van der Waals surface area contributed by atoms with Crippen LogP contribution in [0.15, 0.2) is 23.3 Å². The zero-order chi connectivity index (χ0) is 13.5. The Kier molecular flexibility index (Phi) is 6.50. The molecule has 1 amide bonds. The maximum absolute atomic E-state index is 11.6. The molecule has 0 aliphatic heterocycles. The third-order valence-corrected chi connectivity index (χ3v) is 2.01. The van der Waals surface area contributed by atoms with Crippen molar-refractivity contribution in [2.45, 2.75) is 0 Å². The van der Waals surface area contributed by atoms with Crippen LogP contribution in [0.5, 0.6) is 0 Å². The van der Waals surface area contributed by atoms with Crippen LogP contribution in [0.2, 0.25) is 0 Å². The van der Waals surface area contributed by atoms with Gasteiger partial charge in [0.15, 0.2) is 0 Å². The third kappa shape index (κ3) is 4.22. The lowest BCUT2D eigenvalue weighted by molar-refractivity contribution is -0.385. The molecule has 10 heteroatoms. The van der Waals surface area contributed by atoms with E-state index in [1.807, 2.05) is 0 Å². The van der Waals surface area contributed by atoms with Crippen LogP contribution in [0.1, 0.15) is 10.4 Å². The van der Waals surface area contributed by atoms with Gasteiger partial charge in [-0.25, -0.2) is 0 Å². The Hall–Kier alpha value is -2.71. The number of nitrogens with two attached hydrogens (primary N) is 1. The smallest absolute Gasteiger partial charge is 0.282 e. The van der Waals surface area contributed by atoms with Gasteiger partial charge in [0.1, 0.15) is 5.56 Å². The Balaban J connectivity index is 0.00000324. The van der Waals surface area contributed by atoms with Crippen molar-refractivity contribution in [1.82, 2.24) is 5.32 Å². The molecule has 0 saturated carbocycles. The molecule has 0 aliphatic carbocycles. The Morgan fingerprint density at radius 3 is 2.79 bits per heavy atom. The van der Waals surface area contributed by atoms with E-state index in [0.717, 1.165) is 6.07 Å². The van der Waals surface area contributed by atoms with E-state index in [1.54, 1.807) is 0 Å². The second-order valence-electron chi connectivity index (χ2n) is 3.19. The number of hydrogen-bond acceptors (Lipinski definition) is 5. The van der Waals surface area contributed by atoms with Crippen molar-refractivity contribution in [1.29, 1.82) is 0 Å². The topological polar surface area (TPSA) is 147 Å². The van der Waals surface area contributed by atoms with Gasteiger partial charge in [-0.2, -0.15) is 0 Å². The first-order valence-electron chi connectivity index (χ1n) is 4.92. The lowest BCUT2D eigenvalue weighted by Gasteiger charge is -2.04. The fourth-order valence-electron chi connectivity index (χ4n) is 1.26. The molecule has 0 saturated heterocycles. The van der Waals surface area contributed by atoms with Gasteiger partial charge < -0.3 is 11.1 Å². The molecule has 19 heavy (non-hydrogen) atoms. The van der Waals surface area contributed by atoms with Crippen LogP contribution in [0.25, 0.3) is 10.4 Å². The lowest BCUT2D eigenvalue weighted by Crippen LogP contribution is -2.29. The van der Waals surface area contributed by atoms with Crippen LogP contribution < -0.4 is 11.1 Å². The zero-order valence-electron chi connectivity index (χ0n) is 9.65. The molecular formula is C9H11FN6O3. The first-order valence-corrected chi connectivity index (χ1v) is 4.92. The van der Waals surface area contributed by atoms with Crippen molar-refractivity contribution in [2.75, 3.05) is 13.1 Å². The summed E-state index contributed by atoms with van der Waals surface area (Å²) in [6.07, 6.45) is 0. The number of nitrogens with zero attached hydrogens (tertiary/aromatic N) is 4. The van der Waals surface area contributed by atoms with Crippen LogP contribution >= 0.6 is 0 Å². The van der Waals surface area contributed by atoms with E-state index in [2.05, 4.69) is 15.3 Å². The quantitative estimate of drug-likeness (QED) is 0.273. The molecule has 0 aliphatic rings. The van der Waals surface area contributed by atoms with Gasteiger partial charge in [-0.1, -0.05) is 11.2 Å². The fraction of sp³-hybridized carbons (Fsp3) is 0.222. The van der Waals surface area contributed by atoms with Crippen LogP contribution in [-0.4, -0.2) is 23.9 Å². The SMILES string of the molecule is F.[N-]=[N+]=Nc1ccc(C(=O)NCCN)c([N+](=O)[O-])c1. The van der Waals surface area contributed by atoms with Gasteiger partial charge >= 0.3 is 0 Å². The summed E-state index contributed by atoms with van der Waals surface area (Å²) in [6, 6.07) is 3.59. The fourth-order valence-corrected chi connectivity index (χ4v) is 1.26. The molecule has 0 aromatic heterocycles. The summed E-state index contributed by atoms with van der Waals surface area (Å²) >= 11 is 0. The van der Waals surface area contributed by atoms with E-state index < -0.39 is 16.5 Å². The van der Waals surface area contributed by atoms with Gasteiger partial charge in [-0.05, 0) is 11.6 Å². The van der Waals surface area contributed by atoms with Gasteiger partial charge in [0, 0.05) is 29.8 Å². The van der Waals surface area contributed by atoms with E-state index in [-0.39, 0.29) is 29.0 Å². The van der Waals surface area contributed by atoms with Crippen molar-refractivity contribution >= 4 is 17.3 Å². The molecule has 0 unspecified atom stereocenters. The van der Waals surface area contributed by atoms with Gasteiger partial charge in [0.05, 0.1) is 4.92 Å². The summed E-state index contributed by atoms with van der Waals surface area (Å²) in [4.78, 5) is 24.2. The summed E-state index contributed by atoms with van der Waals surface area (Å²) in [6.45, 7) is 0.449. The highest BCUT2D eigenvalue weighted by atomic mass is 19.0. The van der Waals surface area contributed by atoms with Gasteiger partial charge in [-0.15, -0.1) is 0 Å². The molecular weight excluding hydrogens is 259 g/mol. The van der Waals surface area contributed by atoms with Crippen molar-refractivity contribution < 1.29 is 14.4 Å². The molecule has 1 aromatic rings. The van der Waals surface area contributed by atoms with Crippen molar-refractivity contribution in [3.8, 4) is 0 Å². The Morgan fingerprint density at radius 1 is 1.58 bits per heavy atom. The number of nitro groups is 1. The molecule has 9 nitrogen and oxygen atoms in total. The van der Waals surface area contributed by atoms with Crippen LogP contribution in [0.4, 0.5) is 16.1 Å². The van der Waals surface area contributed by atoms with Crippen molar-refractivity contribution in [3.63, 3.8) is 0 Å². The first kappa shape index (κ1) is 16.3. The summed E-state index contributed by atoms with van der Waals surface area (Å²) < 4.78 is 0. The average Bonchev–Trinajstić information content (AvgIpc) is 2.36. The Labute approximate surface area is 106 Å². The highest BCUT2D eigenvalue weighted by Crippen LogP contribution is 2.25. The second kappa shape index (κ2) is 7.58. The van der Waals surface area contributed by atoms with E-state index in [4.69, 9.17) is 11.3 Å². The average molecular weight is 270 g/mol. The normalized spacial score (nSPS) is 8.89. The van der Waals surface area contributed by atoms with E-state index in [0.29, 0.717) is 0 Å². The predicted molar refractivity (Wildman–Crippen MR) is 65.8 cm³/mol. The summed E-state index contributed by atoms with van der Waals surface area (Å²) in [7, 11) is 0. The summed E-state index contributed by atoms with van der Waals surface area (Å²) in [5.41, 5.74) is 13.0. The lowest BCUT2D eigenvalue weighted by atomic mass is 10.1. The van der Waals surface area contributed by atoms with E-state index >= 15 is 0 Å². The molecule has 102 valence electrons. The highest BCUT2D eigenvalue weighted by Gasteiger charge is 2.19. The minimum Gasteiger partial charge on any atom is -0.351 e.